The third-order valence-electron chi connectivity index (χ3n) is 11.1. The first-order chi connectivity index (χ1) is 39.0. The minimum absolute atomic E-state index is 0. The Morgan fingerprint density at radius 2 is 0.917 bits per heavy atom. The zero-order chi connectivity index (χ0) is 62.8. The van der Waals surface area contributed by atoms with Crippen molar-refractivity contribution in [2.45, 2.75) is 111 Å². The molecule has 0 unspecified atom stereocenters. The first-order valence-electron chi connectivity index (χ1n) is 26.1. The van der Waals surface area contributed by atoms with Crippen molar-refractivity contribution >= 4 is 79.0 Å². The molecule has 0 radical (unpaired) electrons. The van der Waals surface area contributed by atoms with Crippen LogP contribution in [0.5, 0.6) is 11.5 Å². The zero-order valence-electron chi connectivity index (χ0n) is 48.3. The predicted molar refractivity (Wildman–Crippen MR) is 306 cm³/mol. The Labute approximate surface area is 489 Å². The van der Waals surface area contributed by atoms with E-state index in [1.807, 2.05) is 27.7 Å². The number of nitrogen functional groups attached to an aromatic ring is 1. The molecule has 3 amide bonds. The van der Waals surface area contributed by atoms with E-state index in [0.29, 0.717) is 42.8 Å². The number of primary amides is 2. The van der Waals surface area contributed by atoms with Crippen molar-refractivity contribution in [1.82, 2.24) is 28.2 Å². The van der Waals surface area contributed by atoms with Gasteiger partial charge < -0.3 is 56.0 Å². The average Bonchev–Trinajstić information content (AvgIpc) is 3.52. The largest absolute Gasteiger partial charge is 0.493 e. The molecule has 0 bridgehead atoms. The zero-order valence-corrected chi connectivity index (χ0v) is 49.9. The molecule has 0 saturated carbocycles. The highest BCUT2D eigenvalue weighted by Gasteiger charge is 2.30. The van der Waals surface area contributed by atoms with Gasteiger partial charge >= 0.3 is 29.8 Å². The van der Waals surface area contributed by atoms with Crippen molar-refractivity contribution < 1.29 is 88.7 Å². The van der Waals surface area contributed by atoms with E-state index >= 15 is 0 Å². The Morgan fingerprint density at radius 1 is 0.560 bits per heavy atom. The van der Waals surface area contributed by atoms with E-state index in [4.69, 9.17) is 45.6 Å². The molecular weight excluding hydrogens is 1140 g/mol. The number of sulfonamides is 2. The molecule has 0 aliphatic carbocycles. The summed E-state index contributed by atoms with van der Waals surface area (Å²) in [5, 5.41) is 20.5. The number of nitrogens with two attached hydrogens (primary N) is 3. The van der Waals surface area contributed by atoms with E-state index in [9.17, 15) is 60.3 Å². The van der Waals surface area contributed by atoms with E-state index in [1.165, 1.54) is 68.4 Å². The third-order valence-corrected chi connectivity index (χ3v) is 14.9. The molecule has 29 nitrogen and oxygen atoms in total. The van der Waals surface area contributed by atoms with Crippen molar-refractivity contribution in [1.29, 1.82) is 0 Å². The smallest absolute Gasteiger partial charge is 0.339 e. The summed E-state index contributed by atoms with van der Waals surface area (Å²) < 4.78 is 88.3. The highest BCUT2D eigenvalue weighted by molar-refractivity contribution is 7.89. The Bertz CT molecular complexity index is 3100. The van der Waals surface area contributed by atoms with E-state index in [1.54, 1.807) is 7.05 Å². The monoisotopic (exact) mass is 1220 g/mol. The SMILES string of the molecule is C.CCCOc1ccc(S(=O)(=O)N(CCOC(C)=O)CCOC(C)=O)cc1C(=O)Nc1c(CCC)nn(C)c1C(N)=O.CCCOc1ccc(S(=O)(=O)N(CCOC(C)=O)CCOC(C)=O)cc1C(=O)O.CCCc1nn(C)c(C(N)=O)c1N. The normalized spacial score (nSPS) is 11.0. The molecule has 0 atom stereocenters. The first-order valence-corrected chi connectivity index (χ1v) is 29.0. The lowest BCUT2D eigenvalue weighted by Gasteiger charge is -2.22. The molecule has 31 heteroatoms. The van der Waals surface area contributed by atoms with Crippen molar-refractivity contribution in [3.63, 3.8) is 0 Å². The van der Waals surface area contributed by atoms with Gasteiger partial charge in [0.1, 0.15) is 54.9 Å². The number of carboxylic acids is 1. The van der Waals surface area contributed by atoms with Crippen molar-refractivity contribution in [2.75, 3.05) is 76.9 Å². The lowest BCUT2D eigenvalue weighted by atomic mass is 10.1. The maximum Gasteiger partial charge on any atom is 0.339 e. The highest BCUT2D eigenvalue weighted by Crippen LogP contribution is 2.29. The van der Waals surface area contributed by atoms with Gasteiger partial charge in [0.2, 0.25) is 20.0 Å². The topological polar surface area (TPSA) is 413 Å². The van der Waals surface area contributed by atoms with Crippen molar-refractivity contribution in [2.24, 2.45) is 25.6 Å². The number of aromatic nitrogens is 4. The minimum Gasteiger partial charge on any atom is -0.493 e. The molecule has 0 aliphatic rings. The number of benzene rings is 2. The fourth-order valence-electron chi connectivity index (χ4n) is 7.42. The lowest BCUT2D eigenvalue weighted by Crippen LogP contribution is -2.37. The number of anilines is 2. The minimum atomic E-state index is -4.27. The van der Waals surface area contributed by atoms with Crippen LogP contribution in [0.4, 0.5) is 11.4 Å². The molecule has 468 valence electrons. The first kappa shape index (κ1) is 73.9. The average molecular weight is 1230 g/mol. The molecule has 2 aromatic heterocycles. The van der Waals surface area contributed by atoms with E-state index in [0.717, 1.165) is 39.3 Å². The Balaban J connectivity index is 0.000000709. The molecule has 4 rings (SSSR count). The number of carboxylic acid groups (broad SMARTS) is 1. The van der Waals surface area contributed by atoms with Crippen LogP contribution in [-0.2, 0) is 85.1 Å². The fourth-order valence-corrected chi connectivity index (χ4v) is 10.3. The van der Waals surface area contributed by atoms with Crippen LogP contribution >= 0.6 is 0 Å². The molecular formula is C53H80N10O19S2. The molecule has 8 N–H and O–H groups in total. The molecule has 84 heavy (non-hydrogen) atoms. The second-order valence-electron chi connectivity index (χ2n) is 17.8. The standard InChI is InChI=1S/C26H37N5O9S.C18H25NO9S.C8H14N4O.CH4/c1-6-8-21-23(24(25(27)34)30(5)29-21)28-26(35)20-16-19(9-10-22(20)40-13-7-2)41(36,37)31(11-14-38-17(3)32)12-15-39-18(4)33;1-4-9-28-17-6-5-15(12-16(17)18(22)23)29(24,25)19(7-10-26-13(2)20)8-11-27-14(3)21;1-3-4-5-6(9)7(8(10)13)12(2)11-5;/h9-10,16H,6-8,11-15H2,1-5H3,(H2,27,34)(H,28,35);5-6,12H,4,7-11H2,1-3H3,(H,22,23);3-4,9H2,1-2H3,(H2,10,13);1H4. The summed E-state index contributed by atoms with van der Waals surface area (Å²) in [6, 6.07) is 7.31. The van der Waals surface area contributed by atoms with Crippen LogP contribution in [0, 0.1) is 0 Å². The van der Waals surface area contributed by atoms with Gasteiger partial charge in [0.25, 0.3) is 17.7 Å². The van der Waals surface area contributed by atoms with Gasteiger partial charge in [0.05, 0.1) is 51.3 Å². The molecule has 4 aromatic rings. The van der Waals surface area contributed by atoms with Gasteiger partial charge in [-0.25, -0.2) is 21.6 Å². The summed E-state index contributed by atoms with van der Waals surface area (Å²) in [6.45, 7) is 11.2. The van der Waals surface area contributed by atoms with Crippen LogP contribution in [0.15, 0.2) is 46.2 Å². The van der Waals surface area contributed by atoms with Crippen LogP contribution in [0.3, 0.4) is 0 Å². The summed E-state index contributed by atoms with van der Waals surface area (Å²) in [6.07, 6.45) is 4.11. The molecule has 0 spiro atoms. The predicted octanol–water partition coefficient (Wildman–Crippen LogP) is 3.61. The maximum atomic E-state index is 13.6. The van der Waals surface area contributed by atoms with Gasteiger partial charge in [-0.15, -0.1) is 0 Å². The molecule has 2 heterocycles. The number of aromatic carboxylic acids is 1. The summed E-state index contributed by atoms with van der Waals surface area (Å²) in [4.78, 5) is 92.0. The van der Waals surface area contributed by atoms with Crippen LogP contribution in [-0.4, -0.2) is 164 Å². The summed E-state index contributed by atoms with van der Waals surface area (Å²) in [5.74, 6) is -5.56. The van der Waals surface area contributed by atoms with Gasteiger partial charge in [-0.2, -0.15) is 18.8 Å². The number of carbonyl (C=O) groups excluding carboxylic acids is 7. The number of hydrogen-bond donors (Lipinski definition) is 5. The Hall–Kier alpha value is -8.16. The summed E-state index contributed by atoms with van der Waals surface area (Å²) >= 11 is 0. The van der Waals surface area contributed by atoms with Crippen molar-refractivity contribution in [3.8, 4) is 11.5 Å². The number of rotatable bonds is 31. The highest BCUT2D eigenvalue weighted by atomic mass is 32.2. The van der Waals surface area contributed by atoms with Crippen LogP contribution in [0.25, 0.3) is 0 Å². The van der Waals surface area contributed by atoms with E-state index in [-0.39, 0.29) is 117 Å². The summed E-state index contributed by atoms with van der Waals surface area (Å²) in [5.41, 5.74) is 18.0. The maximum absolute atomic E-state index is 13.6. The van der Waals surface area contributed by atoms with E-state index in [2.05, 4.69) is 15.5 Å². The molecule has 0 aliphatic heterocycles. The lowest BCUT2D eigenvalue weighted by molar-refractivity contribution is -0.143. The number of ether oxygens (including phenoxy) is 6. The number of nitrogens with zero attached hydrogens (tertiary/aromatic N) is 6. The van der Waals surface area contributed by atoms with Crippen LogP contribution in [0.1, 0.15) is 142 Å². The third kappa shape index (κ3) is 22.5. The molecule has 2 aromatic carbocycles. The van der Waals surface area contributed by atoms with Crippen LogP contribution < -0.4 is 32.0 Å². The number of carbonyl (C=O) groups is 8. The number of nitrogens with one attached hydrogen (secondary N) is 1. The fraction of sp³-hybridized carbons (Fsp3) is 0.509. The Morgan fingerprint density at radius 3 is 1.26 bits per heavy atom. The quantitative estimate of drug-likeness (QED) is 0.0355. The number of aryl methyl sites for hydroxylation is 4. The van der Waals surface area contributed by atoms with Gasteiger partial charge in [-0.05, 0) is 62.1 Å². The number of esters is 4. The summed E-state index contributed by atoms with van der Waals surface area (Å²) in [7, 11) is -5.24. The number of amides is 3. The van der Waals surface area contributed by atoms with Gasteiger partial charge in [-0.1, -0.05) is 48.0 Å². The Kier molecular flexibility index (Phi) is 31.4. The molecule has 0 saturated heterocycles. The van der Waals surface area contributed by atoms with E-state index < -0.39 is 67.6 Å². The van der Waals surface area contributed by atoms with Gasteiger partial charge in [0, 0.05) is 68.0 Å². The number of hydrogen-bond acceptors (Lipinski definition) is 21. The second kappa shape index (κ2) is 35.7. The second-order valence-corrected chi connectivity index (χ2v) is 21.7. The van der Waals surface area contributed by atoms with Gasteiger partial charge in [-0.3, -0.25) is 42.9 Å². The van der Waals surface area contributed by atoms with Crippen molar-refractivity contribution in [3.05, 3.63) is 70.3 Å². The molecule has 0 fully saturated rings. The van der Waals surface area contributed by atoms with Crippen LogP contribution in [0.2, 0.25) is 0 Å². The van der Waals surface area contributed by atoms with Gasteiger partial charge in [0.15, 0.2) is 0 Å².